The van der Waals surface area contributed by atoms with Gasteiger partial charge >= 0.3 is 6.03 Å². The van der Waals surface area contributed by atoms with E-state index in [9.17, 15) is 24.3 Å². The lowest BCUT2D eigenvalue weighted by Crippen LogP contribution is -2.51. The Morgan fingerprint density at radius 2 is 1.76 bits per heavy atom. The van der Waals surface area contributed by atoms with E-state index >= 15 is 0 Å². The molecule has 1 aliphatic rings. The molecule has 9 nitrogen and oxygen atoms in total. The third-order valence-corrected chi connectivity index (χ3v) is 4.00. The molecular formula is C20H15N2O7-. The number of imide groups is 2. The van der Waals surface area contributed by atoms with E-state index < -0.39 is 23.8 Å². The molecule has 4 amide bonds. The van der Waals surface area contributed by atoms with Crippen LogP contribution in [-0.2, 0) is 16.2 Å². The minimum Gasteiger partial charge on any atom is -0.545 e. The van der Waals surface area contributed by atoms with E-state index in [1.54, 1.807) is 30.3 Å². The van der Waals surface area contributed by atoms with Crippen LogP contribution in [-0.4, -0.2) is 30.9 Å². The summed E-state index contributed by atoms with van der Waals surface area (Å²) >= 11 is 0. The van der Waals surface area contributed by atoms with Crippen LogP contribution in [0.5, 0.6) is 11.5 Å². The van der Waals surface area contributed by atoms with Crippen LogP contribution < -0.4 is 25.2 Å². The van der Waals surface area contributed by atoms with Gasteiger partial charge in [0.15, 0.2) is 11.5 Å². The van der Waals surface area contributed by atoms with Gasteiger partial charge in [0, 0.05) is 0 Å². The molecule has 0 atom stereocenters. The van der Waals surface area contributed by atoms with Gasteiger partial charge in [0.1, 0.15) is 12.2 Å². The Morgan fingerprint density at radius 3 is 2.41 bits per heavy atom. The Labute approximate surface area is 164 Å². The fourth-order valence-electron chi connectivity index (χ4n) is 2.62. The van der Waals surface area contributed by atoms with Gasteiger partial charge < -0.3 is 19.4 Å². The molecule has 0 aliphatic carbocycles. The summed E-state index contributed by atoms with van der Waals surface area (Å²) in [5, 5.41) is 14.9. The van der Waals surface area contributed by atoms with E-state index in [0.717, 1.165) is 0 Å². The van der Waals surface area contributed by atoms with Gasteiger partial charge in [0.25, 0.3) is 11.8 Å². The van der Waals surface area contributed by atoms with Crippen molar-refractivity contribution in [3.05, 3.63) is 64.7 Å². The van der Waals surface area contributed by atoms with Crippen molar-refractivity contribution in [3.8, 4) is 11.5 Å². The molecule has 0 unspecified atom stereocenters. The molecule has 0 radical (unpaired) electrons. The monoisotopic (exact) mass is 395 g/mol. The lowest BCUT2D eigenvalue weighted by Gasteiger charge is -2.15. The average Bonchev–Trinajstić information content (AvgIpc) is 2.69. The summed E-state index contributed by atoms with van der Waals surface area (Å²) < 4.78 is 11.0. The number of rotatable bonds is 6. The molecule has 2 aromatic rings. The van der Waals surface area contributed by atoms with Crippen LogP contribution in [0.15, 0.2) is 48.0 Å². The Morgan fingerprint density at radius 1 is 1.03 bits per heavy atom. The van der Waals surface area contributed by atoms with Crippen LogP contribution >= 0.6 is 0 Å². The van der Waals surface area contributed by atoms with Gasteiger partial charge in [-0.1, -0.05) is 24.3 Å². The summed E-state index contributed by atoms with van der Waals surface area (Å²) in [5.74, 6) is -2.17. The maximum atomic E-state index is 11.8. The summed E-state index contributed by atoms with van der Waals surface area (Å²) in [4.78, 5) is 45.7. The van der Waals surface area contributed by atoms with Crippen molar-refractivity contribution in [2.75, 3.05) is 7.11 Å². The van der Waals surface area contributed by atoms with E-state index in [4.69, 9.17) is 9.47 Å². The number of urea groups is 1. The van der Waals surface area contributed by atoms with E-state index in [1.165, 1.54) is 25.3 Å². The van der Waals surface area contributed by atoms with Crippen LogP contribution in [0.2, 0.25) is 0 Å². The molecule has 9 heteroatoms. The molecule has 1 fully saturated rings. The predicted molar refractivity (Wildman–Crippen MR) is 97.8 cm³/mol. The Kier molecular flexibility index (Phi) is 5.59. The van der Waals surface area contributed by atoms with Gasteiger partial charge in [-0.05, 0) is 41.0 Å². The standard InChI is InChI=1S/C20H16N2O7/c1-28-16-9-11(8-14-17(23)21-20(27)22-18(14)24)5-6-15(16)29-10-12-3-2-4-13(7-12)19(25)26/h2-9H,10H2,1H3,(H,25,26)(H2,21,22,23,24,27)/p-1. The van der Waals surface area contributed by atoms with Gasteiger partial charge in [0.05, 0.1) is 13.1 Å². The Hall–Kier alpha value is -4.14. The van der Waals surface area contributed by atoms with E-state index in [2.05, 4.69) is 0 Å². The van der Waals surface area contributed by atoms with Crippen LogP contribution in [0.3, 0.4) is 0 Å². The molecule has 0 aromatic heterocycles. The van der Waals surface area contributed by atoms with Gasteiger partial charge in [-0.25, -0.2) is 4.79 Å². The second-order valence-electron chi connectivity index (χ2n) is 5.98. The second kappa shape index (κ2) is 8.26. The summed E-state index contributed by atoms with van der Waals surface area (Å²) in [6.07, 6.45) is 1.31. The van der Waals surface area contributed by atoms with Gasteiger partial charge in [-0.15, -0.1) is 0 Å². The zero-order valence-electron chi connectivity index (χ0n) is 15.2. The summed E-state index contributed by atoms with van der Waals surface area (Å²) in [6.45, 7) is 0.0881. The summed E-state index contributed by atoms with van der Waals surface area (Å²) in [6, 6.07) is 10.0. The number of carbonyl (C=O) groups is 4. The van der Waals surface area contributed by atoms with Crippen molar-refractivity contribution in [2.45, 2.75) is 6.61 Å². The highest BCUT2D eigenvalue weighted by atomic mass is 16.5. The first-order valence-corrected chi connectivity index (χ1v) is 8.37. The number of methoxy groups -OCH3 is 1. The molecule has 148 valence electrons. The molecule has 0 bridgehead atoms. The normalized spacial score (nSPS) is 13.4. The number of carboxylic acids is 1. The largest absolute Gasteiger partial charge is 0.545 e. The number of amides is 4. The number of benzene rings is 2. The third-order valence-electron chi connectivity index (χ3n) is 4.00. The quantitative estimate of drug-likeness (QED) is 0.534. The fourth-order valence-corrected chi connectivity index (χ4v) is 2.62. The molecule has 0 spiro atoms. The molecule has 2 N–H and O–H groups in total. The highest BCUT2D eigenvalue weighted by Crippen LogP contribution is 2.30. The number of hydrogen-bond donors (Lipinski definition) is 2. The second-order valence-corrected chi connectivity index (χ2v) is 5.98. The predicted octanol–water partition coefficient (Wildman–Crippen LogP) is 0.387. The number of hydrogen-bond acceptors (Lipinski definition) is 7. The molecule has 1 saturated heterocycles. The first-order valence-electron chi connectivity index (χ1n) is 8.37. The fraction of sp³-hybridized carbons (Fsp3) is 0.100. The van der Waals surface area contributed by atoms with Crippen molar-refractivity contribution in [1.82, 2.24) is 10.6 Å². The molecule has 3 rings (SSSR count). The van der Waals surface area contributed by atoms with Crippen molar-refractivity contribution in [3.63, 3.8) is 0 Å². The molecule has 1 aliphatic heterocycles. The highest BCUT2D eigenvalue weighted by molar-refractivity contribution is 6.31. The smallest absolute Gasteiger partial charge is 0.328 e. The molecule has 2 aromatic carbocycles. The molecule has 0 saturated carbocycles. The number of barbiturate groups is 1. The maximum Gasteiger partial charge on any atom is 0.328 e. The van der Waals surface area contributed by atoms with E-state index in [0.29, 0.717) is 22.6 Å². The van der Waals surface area contributed by atoms with Crippen molar-refractivity contribution < 1.29 is 33.8 Å². The van der Waals surface area contributed by atoms with Crippen molar-refractivity contribution >= 4 is 29.9 Å². The molecular weight excluding hydrogens is 380 g/mol. The number of carboxylic acid groups (broad SMARTS) is 1. The molecule has 29 heavy (non-hydrogen) atoms. The van der Waals surface area contributed by atoms with E-state index in [1.807, 2.05) is 10.6 Å². The van der Waals surface area contributed by atoms with Crippen LogP contribution in [0.25, 0.3) is 6.08 Å². The van der Waals surface area contributed by atoms with Crippen LogP contribution in [0.1, 0.15) is 21.5 Å². The summed E-state index contributed by atoms with van der Waals surface area (Å²) in [7, 11) is 1.43. The van der Waals surface area contributed by atoms with Gasteiger partial charge in [-0.3, -0.25) is 20.2 Å². The number of aromatic carboxylic acids is 1. The Balaban J connectivity index is 1.79. The zero-order chi connectivity index (χ0) is 21.0. The van der Waals surface area contributed by atoms with E-state index in [-0.39, 0.29) is 17.7 Å². The first kappa shape index (κ1) is 19.6. The SMILES string of the molecule is COc1cc(C=C2C(=O)NC(=O)NC2=O)ccc1OCc1cccc(C(=O)[O-])c1. The average molecular weight is 395 g/mol. The number of carbonyl (C=O) groups excluding carboxylic acids is 4. The topological polar surface area (TPSA) is 134 Å². The lowest BCUT2D eigenvalue weighted by molar-refractivity contribution is -0.255. The number of ether oxygens (including phenoxy) is 2. The van der Waals surface area contributed by atoms with Crippen molar-refractivity contribution in [1.29, 1.82) is 0 Å². The first-order chi connectivity index (χ1) is 13.9. The minimum atomic E-state index is -1.28. The molecule has 1 heterocycles. The minimum absolute atomic E-state index is 0.0440. The van der Waals surface area contributed by atoms with Gasteiger partial charge in [0.2, 0.25) is 0 Å². The third kappa shape index (κ3) is 4.59. The van der Waals surface area contributed by atoms with Crippen molar-refractivity contribution in [2.24, 2.45) is 0 Å². The van der Waals surface area contributed by atoms with Crippen LogP contribution in [0, 0.1) is 0 Å². The van der Waals surface area contributed by atoms with Crippen LogP contribution in [0.4, 0.5) is 4.79 Å². The zero-order valence-corrected chi connectivity index (χ0v) is 15.2. The lowest BCUT2D eigenvalue weighted by atomic mass is 10.1. The Bertz CT molecular complexity index is 1020. The summed E-state index contributed by atoms with van der Waals surface area (Å²) in [5.41, 5.74) is 0.921. The highest BCUT2D eigenvalue weighted by Gasteiger charge is 2.27. The maximum absolute atomic E-state index is 11.8. The number of nitrogens with one attached hydrogen (secondary N) is 2. The van der Waals surface area contributed by atoms with Gasteiger partial charge in [-0.2, -0.15) is 0 Å².